The number of carbonyl (C=O) groups excluding carboxylic acids is 3. The molecule has 4 aromatic carbocycles. The van der Waals surface area contributed by atoms with E-state index >= 15 is 0 Å². The summed E-state index contributed by atoms with van der Waals surface area (Å²) in [7, 11) is 0. The van der Waals surface area contributed by atoms with Crippen LogP contribution >= 0.6 is 46.1 Å². The lowest BCUT2D eigenvalue weighted by Gasteiger charge is -2.08. The maximum absolute atomic E-state index is 13.0. The van der Waals surface area contributed by atoms with E-state index in [1.54, 1.807) is 42.5 Å². The zero-order chi connectivity index (χ0) is 29.8. The number of hydrogen-bond donors (Lipinski definition) is 2. The second kappa shape index (κ2) is 12.8. The van der Waals surface area contributed by atoms with Crippen LogP contribution in [0.4, 0.5) is 5.69 Å². The van der Waals surface area contributed by atoms with E-state index in [0.29, 0.717) is 31.7 Å². The van der Waals surface area contributed by atoms with Crippen molar-refractivity contribution in [2.24, 2.45) is 5.10 Å². The predicted octanol–water partition coefficient (Wildman–Crippen LogP) is 8.41. The molecular weight excluding hydrogens is 617 g/mol. The Morgan fingerprint density at radius 1 is 0.881 bits per heavy atom. The number of rotatable bonds is 7. The molecule has 1 heterocycles. The monoisotopic (exact) mass is 635 g/mol. The summed E-state index contributed by atoms with van der Waals surface area (Å²) in [5.74, 6) is -1.23. The predicted molar refractivity (Wildman–Crippen MR) is 169 cm³/mol. The number of carbonyl (C=O) groups is 3. The fourth-order valence-corrected chi connectivity index (χ4v) is 5.91. The Bertz CT molecular complexity index is 1870. The number of hydrazone groups is 1. The van der Waals surface area contributed by atoms with Crippen molar-refractivity contribution in [2.75, 3.05) is 5.32 Å². The standard InChI is InChI=1S/C31H20Cl3N3O4S/c1-17-6-12-23-26(14-17)42-28(27(23)34)31(40)41-25-5-3-2-4-19(25)16-35-37-29(38)18-7-10-21(11-8-18)36-30(39)22-13-9-20(32)15-24(22)33/h2-16H,1H3,(H,36,39)(H,37,38)/b35-16-. The summed E-state index contributed by atoms with van der Waals surface area (Å²) < 4.78 is 6.53. The molecule has 42 heavy (non-hydrogen) atoms. The van der Waals surface area contributed by atoms with Gasteiger partial charge in [0.25, 0.3) is 11.8 Å². The van der Waals surface area contributed by atoms with Gasteiger partial charge in [0.2, 0.25) is 0 Å². The second-order valence-electron chi connectivity index (χ2n) is 9.03. The molecular formula is C31H20Cl3N3O4S. The van der Waals surface area contributed by atoms with E-state index in [2.05, 4.69) is 15.8 Å². The lowest BCUT2D eigenvalue weighted by Crippen LogP contribution is -2.18. The van der Waals surface area contributed by atoms with Crippen molar-refractivity contribution in [3.8, 4) is 5.75 Å². The Morgan fingerprint density at radius 3 is 2.40 bits per heavy atom. The zero-order valence-corrected chi connectivity index (χ0v) is 24.9. The van der Waals surface area contributed by atoms with Crippen LogP contribution in [0.5, 0.6) is 5.75 Å². The fourth-order valence-electron chi connectivity index (χ4n) is 3.93. The van der Waals surface area contributed by atoms with Gasteiger partial charge in [-0.15, -0.1) is 11.3 Å². The van der Waals surface area contributed by atoms with Gasteiger partial charge in [0.05, 0.1) is 21.8 Å². The third kappa shape index (κ3) is 6.64. The SMILES string of the molecule is Cc1ccc2c(Cl)c(C(=O)Oc3ccccc3/C=N\NC(=O)c3ccc(NC(=O)c4ccc(Cl)cc4Cl)cc3)sc2c1. The van der Waals surface area contributed by atoms with Crippen molar-refractivity contribution in [1.82, 2.24) is 5.43 Å². The van der Waals surface area contributed by atoms with E-state index in [-0.39, 0.29) is 16.3 Å². The van der Waals surface area contributed by atoms with Gasteiger partial charge in [-0.3, -0.25) is 9.59 Å². The number of fused-ring (bicyclic) bond motifs is 1. The molecule has 0 aliphatic rings. The Kier molecular flexibility index (Phi) is 8.89. The van der Waals surface area contributed by atoms with Crippen LogP contribution in [0.3, 0.4) is 0 Å². The molecule has 0 radical (unpaired) electrons. The van der Waals surface area contributed by atoms with Crippen molar-refractivity contribution in [3.05, 3.63) is 127 Å². The second-order valence-corrected chi connectivity index (χ2v) is 11.3. The minimum Gasteiger partial charge on any atom is -0.422 e. The smallest absolute Gasteiger partial charge is 0.355 e. The summed E-state index contributed by atoms with van der Waals surface area (Å²) in [4.78, 5) is 38.4. The van der Waals surface area contributed by atoms with Gasteiger partial charge < -0.3 is 10.1 Å². The number of amides is 2. The van der Waals surface area contributed by atoms with Crippen LogP contribution in [0.2, 0.25) is 15.1 Å². The van der Waals surface area contributed by atoms with Crippen LogP contribution in [-0.2, 0) is 0 Å². The van der Waals surface area contributed by atoms with Gasteiger partial charge in [0, 0.05) is 31.9 Å². The first-order valence-electron chi connectivity index (χ1n) is 12.4. The normalized spacial score (nSPS) is 11.0. The van der Waals surface area contributed by atoms with E-state index < -0.39 is 17.8 Å². The molecule has 0 unspecified atom stereocenters. The highest BCUT2D eigenvalue weighted by molar-refractivity contribution is 7.21. The molecule has 0 aliphatic carbocycles. The number of halogens is 3. The van der Waals surface area contributed by atoms with Gasteiger partial charge in [0.15, 0.2) is 0 Å². The van der Waals surface area contributed by atoms with Crippen LogP contribution in [0.25, 0.3) is 10.1 Å². The number of ether oxygens (including phenoxy) is 1. The molecule has 1 aromatic heterocycles. The molecule has 2 N–H and O–H groups in total. The molecule has 5 rings (SSSR count). The molecule has 210 valence electrons. The first-order chi connectivity index (χ1) is 20.2. The van der Waals surface area contributed by atoms with Gasteiger partial charge in [-0.1, -0.05) is 59.1 Å². The number of para-hydroxylation sites is 1. The molecule has 0 atom stereocenters. The van der Waals surface area contributed by atoms with E-state index in [1.807, 2.05) is 25.1 Å². The molecule has 0 saturated heterocycles. The zero-order valence-electron chi connectivity index (χ0n) is 21.8. The maximum Gasteiger partial charge on any atom is 0.355 e. The van der Waals surface area contributed by atoms with Crippen molar-refractivity contribution >= 4 is 85.9 Å². The summed E-state index contributed by atoms with van der Waals surface area (Å²) >= 11 is 19.7. The van der Waals surface area contributed by atoms with Gasteiger partial charge in [-0.2, -0.15) is 5.10 Å². The fraction of sp³-hybridized carbons (Fsp3) is 0.0323. The third-order valence-corrected chi connectivity index (χ3v) is 8.23. The number of thiophene rings is 1. The Balaban J connectivity index is 1.22. The lowest BCUT2D eigenvalue weighted by atomic mass is 10.1. The highest BCUT2D eigenvalue weighted by Gasteiger charge is 2.20. The quantitative estimate of drug-likeness (QED) is 0.0811. The molecule has 0 spiro atoms. The number of anilines is 1. The van der Waals surface area contributed by atoms with Gasteiger partial charge >= 0.3 is 5.97 Å². The van der Waals surface area contributed by atoms with E-state index in [0.717, 1.165) is 15.6 Å². The van der Waals surface area contributed by atoms with Crippen LogP contribution in [0, 0.1) is 6.92 Å². The Labute approximate surface area is 259 Å². The van der Waals surface area contributed by atoms with Crippen LogP contribution in [-0.4, -0.2) is 24.0 Å². The number of aryl methyl sites for hydroxylation is 1. The highest BCUT2D eigenvalue weighted by atomic mass is 35.5. The minimum atomic E-state index is -0.589. The first-order valence-corrected chi connectivity index (χ1v) is 14.3. The summed E-state index contributed by atoms with van der Waals surface area (Å²) in [6.45, 7) is 1.97. The van der Waals surface area contributed by atoms with E-state index in [1.165, 1.54) is 41.8 Å². The van der Waals surface area contributed by atoms with Gasteiger partial charge in [-0.25, -0.2) is 10.2 Å². The summed E-state index contributed by atoms with van der Waals surface area (Å²) in [5.41, 5.74) is 5.02. The molecule has 0 aliphatic heterocycles. The number of nitrogens with zero attached hydrogens (tertiary/aromatic N) is 1. The topological polar surface area (TPSA) is 96.9 Å². The molecule has 0 saturated carbocycles. The van der Waals surface area contributed by atoms with Crippen LogP contribution < -0.4 is 15.5 Å². The van der Waals surface area contributed by atoms with Crippen molar-refractivity contribution in [3.63, 3.8) is 0 Å². The number of benzene rings is 4. The highest BCUT2D eigenvalue weighted by Crippen LogP contribution is 2.36. The molecule has 0 fully saturated rings. The van der Waals surface area contributed by atoms with Crippen molar-refractivity contribution in [1.29, 1.82) is 0 Å². The van der Waals surface area contributed by atoms with Crippen molar-refractivity contribution < 1.29 is 19.1 Å². The summed E-state index contributed by atoms with van der Waals surface area (Å²) in [6, 6.07) is 23.4. The average molecular weight is 637 g/mol. The van der Waals surface area contributed by atoms with E-state index in [9.17, 15) is 14.4 Å². The molecule has 0 bridgehead atoms. The first kappa shape index (κ1) is 29.3. The van der Waals surface area contributed by atoms with Gasteiger partial charge in [0.1, 0.15) is 10.6 Å². The molecule has 7 nitrogen and oxygen atoms in total. The maximum atomic E-state index is 13.0. The van der Waals surface area contributed by atoms with Gasteiger partial charge in [-0.05, 0) is 73.2 Å². The lowest BCUT2D eigenvalue weighted by molar-refractivity contribution is 0.0739. The Hall–Kier alpha value is -4.21. The largest absolute Gasteiger partial charge is 0.422 e. The number of nitrogens with one attached hydrogen (secondary N) is 2. The van der Waals surface area contributed by atoms with Crippen molar-refractivity contribution in [2.45, 2.75) is 6.92 Å². The average Bonchev–Trinajstić information content (AvgIpc) is 3.29. The van der Waals surface area contributed by atoms with Crippen LogP contribution in [0.1, 0.15) is 41.5 Å². The summed E-state index contributed by atoms with van der Waals surface area (Å²) in [5, 5.41) is 8.52. The Morgan fingerprint density at radius 2 is 1.64 bits per heavy atom. The number of esters is 1. The number of hydrogen-bond acceptors (Lipinski definition) is 6. The minimum absolute atomic E-state index is 0.226. The van der Waals surface area contributed by atoms with E-state index in [4.69, 9.17) is 39.5 Å². The molecule has 2 amide bonds. The molecule has 11 heteroatoms. The van der Waals surface area contributed by atoms with Crippen LogP contribution in [0.15, 0.2) is 90.0 Å². The third-order valence-electron chi connectivity index (χ3n) is 6.04. The molecule has 5 aromatic rings. The summed E-state index contributed by atoms with van der Waals surface area (Å²) in [6.07, 6.45) is 1.38.